The van der Waals surface area contributed by atoms with Gasteiger partial charge in [-0.3, -0.25) is 9.59 Å². The van der Waals surface area contributed by atoms with Gasteiger partial charge in [-0.15, -0.1) is 0 Å². The number of carbonyl (C=O) groups excluding carboxylic acids is 2. The van der Waals surface area contributed by atoms with Gasteiger partial charge in [0.15, 0.2) is 0 Å². The van der Waals surface area contributed by atoms with Crippen molar-refractivity contribution in [3.8, 4) is 0 Å². The van der Waals surface area contributed by atoms with Crippen LogP contribution in [0.4, 0.5) is 5.82 Å². The second kappa shape index (κ2) is 5.90. The first-order valence-corrected chi connectivity index (χ1v) is 6.77. The Morgan fingerprint density at radius 3 is 2.75 bits per heavy atom. The van der Waals surface area contributed by atoms with Crippen molar-refractivity contribution in [1.82, 2.24) is 14.8 Å². The van der Waals surface area contributed by atoms with Gasteiger partial charge in [0.05, 0.1) is 0 Å². The lowest BCUT2D eigenvalue weighted by Gasteiger charge is -2.32. The predicted octanol–water partition coefficient (Wildman–Crippen LogP) is 0.600. The molecule has 0 bridgehead atoms. The van der Waals surface area contributed by atoms with Crippen molar-refractivity contribution in [2.75, 3.05) is 39.0 Å². The van der Waals surface area contributed by atoms with Crippen LogP contribution >= 0.6 is 0 Å². The maximum absolute atomic E-state index is 12.5. The third-order valence-corrected chi connectivity index (χ3v) is 3.49. The molecule has 1 N–H and O–H groups in total. The number of aryl methyl sites for hydroxylation is 1. The molecule has 2 rings (SSSR count). The Morgan fingerprint density at radius 1 is 1.40 bits per heavy atom. The molecule has 20 heavy (non-hydrogen) atoms. The van der Waals surface area contributed by atoms with E-state index in [2.05, 4.69) is 10.3 Å². The number of amides is 2. The number of pyridine rings is 1. The monoisotopic (exact) mass is 276 g/mol. The molecule has 1 saturated heterocycles. The Kier molecular flexibility index (Phi) is 4.22. The molecule has 0 radical (unpaired) electrons. The third-order valence-electron chi connectivity index (χ3n) is 3.49. The number of carbonyl (C=O) groups is 2. The molecule has 0 saturated carbocycles. The fourth-order valence-corrected chi connectivity index (χ4v) is 2.13. The highest BCUT2D eigenvalue weighted by molar-refractivity contribution is 5.97. The molecule has 2 heterocycles. The molecule has 0 aromatic carbocycles. The molecule has 0 unspecified atom stereocenters. The van der Waals surface area contributed by atoms with E-state index in [1.54, 1.807) is 36.0 Å². The zero-order chi connectivity index (χ0) is 14.7. The summed E-state index contributed by atoms with van der Waals surface area (Å²) in [5.74, 6) is 0.538. The van der Waals surface area contributed by atoms with Crippen LogP contribution in [0.5, 0.6) is 0 Å². The lowest BCUT2D eigenvalue weighted by molar-refractivity contribution is -0.133. The summed E-state index contributed by atoms with van der Waals surface area (Å²) >= 11 is 0. The molecule has 0 spiro atoms. The summed E-state index contributed by atoms with van der Waals surface area (Å²) in [6, 6.07) is 3.52. The largest absolute Gasteiger partial charge is 0.373 e. The Balaban J connectivity index is 2.22. The van der Waals surface area contributed by atoms with Crippen LogP contribution < -0.4 is 5.32 Å². The Labute approximate surface area is 118 Å². The summed E-state index contributed by atoms with van der Waals surface area (Å²) in [6.45, 7) is 3.29. The molecule has 2 amide bonds. The first kappa shape index (κ1) is 14.3. The standard InChI is InChI=1S/C14H20N4O2/c1-4-11-7-10(8-12(15-2)16-11)14(20)18-6-5-17(3)13(19)9-18/h7-8H,4-6,9H2,1-3H3,(H,15,16). The van der Waals surface area contributed by atoms with Crippen molar-refractivity contribution in [2.24, 2.45) is 0 Å². The van der Waals surface area contributed by atoms with E-state index >= 15 is 0 Å². The van der Waals surface area contributed by atoms with Crippen LogP contribution in [0, 0.1) is 0 Å². The van der Waals surface area contributed by atoms with Crippen molar-refractivity contribution < 1.29 is 9.59 Å². The number of hydrogen-bond donors (Lipinski definition) is 1. The Morgan fingerprint density at radius 2 is 2.15 bits per heavy atom. The number of likely N-dealkylation sites (N-methyl/N-ethyl adjacent to an activating group) is 1. The third kappa shape index (κ3) is 2.89. The molecule has 6 heteroatoms. The summed E-state index contributed by atoms with van der Waals surface area (Å²) in [5.41, 5.74) is 1.44. The molecular weight excluding hydrogens is 256 g/mol. The van der Waals surface area contributed by atoms with Crippen molar-refractivity contribution in [3.05, 3.63) is 23.4 Å². The number of piperazine rings is 1. The molecule has 1 aliphatic heterocycles. The number of hydrogen-bond acceptors (Lipinski definition) is 4. The number of rotatable bonds is 3. The average Bonchev–Trinajstić information content (AvgIpc) is 2.48. The maximum Gasteiger partial charge on any atom is 0.254 e. The van der Waals surface area contributed by atoms with E-state index in [0.717, 1.165) is 12.1 Å². The molecule has 0 aliphatic carbocycles. The zero-order valence-corrected chi connectivity index (χ0v) is 12.1. The molecule has 1 aliphatic rings. The van der Waals surface area contributed by atoms with Crippen molar-refractivity contribution in [3.63, 3.8) is 0 Å². The van der Waals surface area contributed by atoms with E-state index in [9.17, 15) is 9.59 Å². The highest BCUT2D eigenvalue weighted by Gasteiger charge is 2.26. The van der Waals surface area contributed by atoms with Gasteiger partial charge in [0.1, 0.15) is 12.4 Å². The van der Waals surface area contributed by atoms with Crippen LogP contribution in [0.2, 0.25) is 0 Å². The zero-order valence-electron chi connectivity index (χ0n) is 12.1. The molecule has 1 aromatic rings. The topological polar surface area (TPSA) is 65.5 Å². The van der Waals surface area contributed by atoms with Crippen LogP contribution in [-0.4, -0.2) is 60.3 Å². The fraction of sp³-hybridized carbons (Fsp3) is 0.500. The molecule has 0 atom stereocenters. The van der Waals surface area contributed by atoms with Crippen LogP contribution in [0.1, 0.15) is 23.0 Å². The smallest absolute Gasteiger partial charge is 0.254 e. The number of aromatic nitrogens is 1. The first-order chi connectivity index (χ1) is 9.55. The molecule has 1 fully saturated rings. The summed E-state index contributed by atoms with van der Waals surface area (Å²) in [7, 11) is 3.53. The molecule has 108 valence electrons. The van der Waals surface area contributed by atoms with Gasteiger partial charge < -0.3 is 15.1 Å². The van der Waals surface area contributed by atoms with Gasteiger partial charge in [0.25, 0.3) is 5.91 Å². The first-order valence-electron chi connectivity index (χ1n) is 6.77. The van der Waals surface area contributed by atoms with Crippen molar-refractivity contribution in [1.29, 1.82) is 0 Å². The lowest BCUT2D eigenvalue weighted by atomic mass is 10.1. The van der Waals surface area contributed by atoms with Gasteiger partial charge >= 0.3 is 0 Å². The minimum atomic E-state index is -0.111. The van der Waals surface area contributed by atoms with Gasteiger partial charge in [-0.05, 0) is 18.6 Å². The van der Waals surface area contributed by atoms with Gasteiger partial charge in [0.2, 0.25) is 5.91 Å². The number of anilines is 1. The maximum atomic E-state index is 12.5. The lowest BCUT2D eigenvalue weighted by Crippen LogP contribution is -2.50. The summed E-state index contributed by atoms with van der Waals surface area (Å²) in [6.07, 6.45) is 0.761. The molecule has 1 aromatic heterocycles. The van der Waals surface area contributed by atoms with E-state index in [4.69, 9.17) is 0 Å². The van der Waals surface area contributed by atoms with Gasteiger partial charge in [-0.1, -0.05) is 6.92 Å². The van der Waals surface area contributed by atoms with Crippen LogP contribution in [0.25, 0.3) is 0 Å². The Hall–Kier alpha value is -2.11. The van der Waals surface area contributed by atoms with Gasteiger partial charge in [0, 0.05) is 38.4 Å². The SMILES string of the molecule is CCc1cc(C(=O)N2CCN(C)C(=O)C2)cc(NC)n1. The van der Waals surface area contributed by atoms with Crippen LogP contribution in [0.3, 0.4) is 0 Å². The summed E-state index contributed by atoms with van der Waals surface area (Å²) in [4.78, 5) is 31.8. The summed E-state index contributed by atoms with van der Waals surface area (Å²) < 4.78 is 0. The normalized spacial score (nSPS) is 15.4. The number of nitrogens with zero attached hydrogens (tertiary/aromatic N) is 3. The predicted molar refractivity (Wildman–Crippen MR) is 76.7 cm³/mol. The van der Waals surface area contributed by atoms with Crippen LogP contribution in [0.15, 0.2) is 12.1 Å². The summed E-state index contributed by atoms with van der Waals surface area (Å²) in [5, 5.41) is 2.96. The fourth-order valence-electron chi connectivity index (χ4n) is 2.13. The minimum absolute atomic E-state index is 0.0248. The molecule has 6 nitrogen and oxygen atoms in total. The highest BCUT2D eigenvalue weighted by atomic mass is 16.2. The van der Waals surface area contributed by atoms with Crippen molar-refractivity contribution in [2.45, 2.75) is 13.3 Å². The average molecular weight is 276 g/mol. The van der Waals surface area contributed by atoms with Crippen LogP contribution in [-0.2, 0) is 11.2 Å². The quantitative estimate of drug-likeness (QED) is 0.878. The minimum Gasteiger partial charge on any atom is -0.373 e. The number of nitrogens with one attached hydrogen (secondary N) is 1. The highest BCUT2D eigenvalue weighted by Crippen LogP contribution is 2.14. The van der Waals surface area contributed by atoms with E-state index in [1.807, 2.05) is 6.92 Å². The van der Waals surface area contributed by atoms with Gasteiger partial charge in [-0.2, -0.15) is 0 Å². The van der Waals surface area contributed by atoms with E-state index in [0.29, 0.717) is 24.5 Å². The second-order valence-corrected chi connectivity index (χ2v) is 4.88. The van der Waals surface area contributed by atoms with E-state index in [1.165, 1.54) is 0 Å². The van der Waals surface area contributed by atoms with E-state index in [-0.39, 0.29) is 18.4 Å². The molecular formula is C14H20N4O2. The van der Waals surface area contributed by atoms with Crippen molar-refractivity contribution >= 4 is 17.6 Å². The second-order valence-electron chi connectivity index (χ2n) is 4.88. The van der Waals surface area contributed by atoms with Gasteiger partial charge in [-0.25, -0.2) is 4.98 Å². The van der Waals surface area contributed by atoms with E-state index < -0.39 is 0 Å². The Bertz CT molecular complexity index is 508.